The van der Waals surface area contributed by atoms with E-state index in [-0.39, 0.29) is 16.1 Å². The molecular weight excluding hydrogens is 316 g/mol. The monoisotopic (exact) mass is 331 g/mol. The van der Waals surface area contributed by atoms with E-state index < -0.39 is 16.4 Å². The minimum atomic E-state index is -0.697. The topological polar surface area (TPSA) is 78.6 Å². The van der Waals surface area contributed by atoms with Crippen molar-refractivity contribution >= 4 is 29.2 Å². The van der Waals surface area contributed by atoms with Gasteiger partial charge in [-0.15, -0.1) is 0 Å². The molecule has 0 N–H and O–H groups in total. The number of rotatable bonds is 3. The number of benzene rings is 2. The molecule has 0 unspecified atom stereocenters. The van der Waals surface area contributed by atoms with Gasteiger partial charge in [-0.25, -0.2) is 0 Å². The van der Waals surface area contributed by atoms with Crippen LogP contribution in [0.1, 0.15) is 27.8 Å². The molecule has 0 saturated heterocycles. The van der Waals surface area contributed by atoms with Gasteiger partial charge in [0.1, 0.15) is 0 Å². The summed E-state index contributed by atoms with van der Waals surface area (Å²) in [6.07, 6.45) is 1.35. The highest BCUT2D eigenvalue weighted by molar-refractivity contribution is 6.33. The third-order valence-electron chi connectivity index (χ3n) is 3.74. The van der Waals surface area contributed by atoms with Gasteiger partial charge in [0.15, 0.2) is 0 Å². The first-order chi connectivity index (χ1) is 10.7. The maximum atomic E-state index is 12.4. The highest BCUT2D eigenvalue weighted by Gasteiger charge is 2.20. The SMILES string of the molecule is Cc1ccc(N=Cc2c(C)c(Cl)c(C)c([N+](=O)[O-])c2[O-])c(C)c1. The van der Waals surface area contributed by atoms with Gasteiger partial charge >= 0.3 is 0 Å². The van der Waals surface area contributed by atoms with Gasteiger partial charge in [0.2, 0.25) is 0 Å². The van der Waals surface area contributed by atoms with Gasteiger partial charge in [-0.05, 0) is 56.2 Å². The van der Waals surface area contributed by atoms with Gasteiger partial charge in [0.25, 0.3) is 5.69 Å². The Hall–Kier alpha value is -2.40. The molecule has 0 atom stereocenters. The summed E-state index contributed by atoms with van der Waals surface area (Å²) in [6.45, 7) is 7.02. The molecule has 6 heteroatoms. The smallest absolute Gasteiger partial charge is 0.266 e. The summed E-state index contributed by atoms with van der Waals surface area (Å²) in [5.74, 6) is -0.664. The molecule has 0 aliphatic rings. The van der Waals surface area contributed by atoms with Crippen LogP contribution in [0.4, 0.5) is 11.4 Å². The fourth-order valence-corrected chi connectivity index (χ4v) is 2.62. The van der Waals surface area contributed by atoms with E-state index in [1.807, 2.05) is 32.0 Å². The highest BCUT2D eigenvalue weighted by Crippen LogP contribution is 2.38. The Labute approximate surface area is 139 Å². The number of nitro groups is 1. The molecular formula is C17H16ClN2O3-. The maximum absolute atomic E-state index is 12.4. The first-order valence-corrected chi connectivity index (χ1v) is 7.37. The summed E-state index contributed by atoms with van der Waals surface area (Å²) in [4.78, 5) is 14.7. The Bertz CT molecular complexity index is 829. The summed E-state index contributed by atoms with van der Waals surface area (Å²) in [7, 11) is 0. The lowest BCUT2D eigenvalue weighted by Crippen LogP contribution is -2.07. The number of aryl methyl sites for hydroxylation is 2. The van der Waals surface area contributed by atoms with Gasteiger partial charge in [0.05, 0.1) is 15.6 Å². The Kier molecular flexibility index (Phi) is 4.71. The Morgan fingerprint density at radius 2 is 1.83 bits per heavy atom. The van der Waals surface area contributed by atoms with E-state index in [0.29, 0.717) is 11.3 Å². The molecule has 2 aromatic carbocycles. The van der Waals surface area contributed by atoms with Crippen molar-refractivity contribution in [3.8, 4) is 5.75 Å². The molecule has 0 amide bonds. The number of aliphatic imine (C=N–C) groups is 1. The standard InChI is InChI=1S/C17H17ClN2O3/c1-9-5-6-14(10(2)7-9)19-8-13-11(3)15(18)12(4)16(17(13)21)20(22)23/h5-8,21H,1-4H3/p-1. The van der Waals surface area contributed by atoms with E-state index in [4.69, 9.17) is 11.6 Å². The molecule has 2 aromatic rings. The van der Waals surface area contributed by atoms with Gasteiger partial charge in [0, 0.05) is 11.8 Å². The predicted octanol–water partition coefficient (Wildman–Crippen LogP) is 4.31. The van der Waals surface area contributed by atoms with Gasteiger partial charge in [-0.1, -0.05) is 29.3 Å². The van der Waals surface area contributed by atoms with Crippen molar-refractivity contribution in [1.82, 2.24) is 0 Å². The van der Waals surface area contributed by atoms with Crippen LogP contribution in [0.3, 0.4) is 0 Å². The second-order valence-corrected chi connectivity index (χ2v) is 5.84. The Balaban J connectivity index is 2.60. The molecule has 0 aliphatic heterocycles. The zero-order valence-corrected chi connectivity index (χ0v) is 14.1. The number of nitro benzene ring substituents is 1. The largest absolute Gasteiger partial charge is 0.867 e. The van der Waals surface area contributed by atoms with Crippen LogP contribution in [0.25, 0.3) is 0 Å². The van der Waals surface area contributed by atoms with Crippen molar-refractivity contribution in [2.24, 2.45) is 4.99 Å². The summed E-state index contributed by atoms with van der Waals surface area (Å²) < 4.78 is 0. The van der Waals surface area contributed by atoms with Crippen LogP contribution in [-0.2, 0) is 0 Å². The number of nitrogens with zero attached hydrogens (tertiary/aromatic N) is 2. The minimum Gasteiger partial charge on any atom is -0.867 e. The molecule has 0 radical (unpaired) electrons. The van der Waals surface area contributed by atoms with E-state index in [9.17, 15) is 15.2 Å². The zero-order valence-electron chi connectivity index (χ0n) is 13.3. The van der Waals surface area contributed by atoms with Crippen LogP contribution < -0.4 is 5.11 Å². The molecule has 0 spiro atoms. The van der Waals surface area contributed by atoms with E-state index >= 15 is 0 Å². The highest BCUT2D eigenvalue weighted by atomic mass is 35.5. The van der Waals surface area contributed by atoms with Crippen LogP contribution in [0.15, 0.2) is 23.2 Å². The van der Waals surface area contributed by atoms with Crippen LogP contribution in [0.2, 0.25) is 5.02 Å². The van der Waals surface area contributed by atoms with E-state index in [2.05, 4.69) is 4.99 Å². The third-order valence-corrected chi connectivity index (χ3v) is 4.31. The molecule has 0 aliphatic carbocycles. The molecule has 120 valence electrons. The fraction of sp³-hybridized carbons (Fsp3) is 0.235. The van der Waals surface area contributed by atoms with Gasteiger partial charge in [-0.2, -0.15) is 0 Å². The molecule has 23 heavy (non-hydrogen) atoms. The number of hydrogen-bond donors (Lipinski definition) is 0. The number of halogens is 1. The van der Waals surface area contributed by atoms with Crippen molar-refractivity contribution in [2.75, 3.05) is 0 Å². The average molecular weight is 332 g/mol. The zero-order chi connectivity index (χ0) is 17.3. The van der Waals surface area contributed by atoms with E-state index in [1.54, 1.807) is 6.92 Å². The van der Waals surface area contributed by atoms with Crippen LogP contribution in [-0.4, -0.2) is 11.1 Å². The summed E-state index contributed by atoms with van der Waals surface area (Å²) in [6, 6.07) is 5.72. The van der Waals surface area contributed by atoms with Crippen molar-refractivity contribution in [1.29, 1.82) is 0 Å². The summed E-state index contributed by atoms with van der Waals surface area (Å²) >= 11 is 6.13. The first kappa shape index (κ1) is 17.0. The second-order valence-electron chi connectivity index (χ2n) is 5.46. The van der Waals surface area contributed by atoms with Crippen LogP contribution in [0, 0.1) is 37.8 Å². The van der Waals surface area contributed by atoms with Gasteiger partial charge < -0.3 is 5.11 Å². The second kappa shape index (κ2) is 6.38. The van der Waals surface area contributed by atoms with Crippen molar-refractivity contribution in [3.05, 3.63) is 61.2 Å². The minimum absolute atomic E-state index is 0.146. The summed E-state index contributed by atoms with van der Waals surface area (Å²) in [5, 5.41) is 23.7. The predicted molar refractivity (Wildman–Crippen MR) is 90.2 cm³/mol. The number of hydrogen-bond acceptors (Lipinski definition) is 4. The lowest BCUT2D eigenvalue weighted by atomic mass is 10.0. The molecule has 0 heterocycles. The van der Waals surface area contributed by atoms with Crippen molar-refractivity contribution < 1.29 is 10.0 Å². The third kappa shape index (κ3) is 3.19. The Morgan fingerprint density at radius 3 is 2.39 bits per heavy atom. The maximum Gasteiger partial charge on any atom is 0.266 e. The van der Waals surface area contributed by atoms with Gasteiger partial charge in [-0.3, -0.25) is 15.1 Å². The molecule has 5 nitrogen and oxygen atoms in total. The van der Waals surface area contributed by atoms with Crippen LogP contribution >= 0.6 is 11.6 Å². The lowest BCUT2D eigenvalue weighted by Gasteiger charge is -2.17. The average Bonchev–Trinajstić information content (AvgIpc) is 2.46. The summed E-state index contributed by atoms with van der Waals surface area (Å²) in [5.41, 5.74) is 3.09. The molecule has 0 saturated carbocycles. The normalized spacial score (nSPS) is 11.2. The fourth-order valence-electron chi connectivity index (χ4n) is 2.43. The molecule has 0 bridgehead atoms. The van der Waals surface area contributed by atoms with Crippen molar-refractivity contribution in [2.45, 2.75) is 27.7 Å². The molecule has 0 aromatic heterocycles. The molecule has 0 fully saturated rings. The quantitative estimate of drug-likeness (QED) is 0.477. The molecule has 2 rings (SSSR count). The Morgan fingerprint density at radius 1 is 1.17 bits per heavy atom. The van der Waals surface area contributed by atoms with E-state index in [0.717, 1.165) is 11.1 Å². The first-order valence-electron chi connectivity index (χ1n) is 6.99. The van der Waals surface area contributed by atoms with E-state index in [1.165, 1.54) is 13.1 Å². The van der Waals surface area contributed by atoms with Crippen molar-refractivity contribution in [3.63, 3.8) is 0 Å². The van der Waals surface area contributed by atoms with Crippen LogP contribution in [0.5, 0.6) is 5.75 Å². The lowest BCUT2D eigenvalue weighted by molar-refractivity contribution is -0.398.